The lowest BCUT2D eigenvalue weighted by Gasteiger charge is -2.45. The molecular formula is C26H34OSi. The summed E-state index contributed by atoms with van der Waals surface area (Å²) in [6.07, 6.45) is 4.49. The third kappa shape index (κ3) is 3.68. The predicted molar refractivity (Wildman–Crippen MR) is 124 cm³/mol. The van der Waals surface area contributed by atoms with Crippen LogP contribution >= 0.6 is 0 Å². The summed E-state index contributed by atoms with van der Waals surface area (Å²) < 4.78 is 7.05. The lowest BCUT2D eigenvalue weighted by atomic mass is 9.66. The number of hydrogen-bond acceptors (Lipinski definition) is 1. The van der Waals surface area contributed by atoms with Gasteiger partial charge in [-0.15, -0.1) is 0 Å². The van der Waals surface area contributed by atoms with Crippen LogP contribution in [0.4, 0.5) is 0 Å². The third-order valence-corrected chi connectivity index (χ3v) is 11.3. The summed E-state index contributed by atoms with van der Waals surface area (Å²) in [5.74, 6) is 0. The molecule has 2 aromatic rings. The van der Waals surface area contributed by atoms with Gasteiger partial charge < -0.3 is 4.43 Å². The van der Waals surface area contributed by atoms with Gasteiger partial charge in [-0.2, -0.15) is 0 Å². The molecule has 0 N–H and O–H groups in total. The van der Waals surface area contributed by atoms with Crippen LogP contribution in [0.2, 0.25) is 5.04 Å². The SMILES string of the molecule is C=C(C)C1=CC[C@]1(C)CCO[Si](c1ccccc1)(c1ccccc1)C(C)(C)C. The van der Waals surface area contributed by atoms with E-state index in [9.17, 15) is 0 Å². The zero-order chi connectivity index (χ0) is 20.4. The van der Waals surface area contributed by atoms with E-state index in [1.54, 1.807) is 0 Å². The van der Waals surface area contributed by atoms with Gasteiger partial charge in [-0.05, 0) is 46.2 Å². The lowest BCUT2D eigenvalue weighted by Crippen LogP contribution is -2.66. The van der Waals surface area contributed by atoms with Crippen molar-refractivity contribution < 1.29 is 4.43 Å². The summed E-state index contributed by atoms with van der Waals surface area (Å²) in [6, 6.07) is 21.8. The Bertz CT molecular complexity index is 806. The van der Waals surface area contributed by atoms with Crippen molar-refractivity contribution in [1.82, 2.24) is 0 Å². The molecule has 0 aliphatic heterocycles. The molecule has 0 saturated carbocycles. The van der Waals surface area contributed by atoms with Gasteiger partial charge in [-0.3, -0.25) is 0 Å². The highest BCUT2D eigenvalue weighted by Crippen LogP contribution is 2.47. The van der Waals surface area contributed by atoms with E-state index in [0.717, 1.165) is 19.4 Å². The second-order valence-electron chi connectivity index (χ2n) is 9.42. The molecule has 0 radical (unpaired) electrons. The molecule has 2 heteroatoms. The van der Waals surface area contributed by atoms with E-state index in [1.165, 1.54) is 21.5 Å². The van der Waals surface area contributed by atoms with Crippen LogP contribution in [0.5, 0.6) is 0 Å². The molecule has 0 aromatic heterocycles. The van der Waals surface area contributed by atoms with Crippen molar-refractivity contribution in [2.45, 2.75) is 52.5 Å². The molecule has 0 fully saturated rings. The van der Waals surface area contributed by atoms with E-state index in [0.29, 0.717) is 0 Å². The summed E-state index contributed by atoms with van der Waals surface area (Å²) >= 11 is 0. The second-order valence-corrected chi connectivity index (χ2v) is 13.7. The highest BCUT2D eigenvalue weighted by Gasteiger charge is 2.50. The van der Waals surface area contributed by atoms with E-state index in [4.69, 9.17) is 4.43 Å². The van der Waals surface area contributed by atoms with E-state index in [1.807, 2.05) is 0 Å². The molecule has 1 aliphatic rings. The van der Waals surface area contributed by atoms with E-state index < -0.39 is 8.32 Å². The minimum atomic E-state index is -2.43. The van der Waals surface area contributed by atoms with Crippen molar-refractivity contribution in [3.63, 3.8) is 0 Å². The highest BCUT2D eigenvalue weighted by atomic mass is 28.4. The lowest BCUT2D eigenvalue weighted by molar-refractivity contribution is 0.219. The van der Waals surface area contributed by atoms with Gasteiger partial charge in [0.05, 0.1) is 0 Å². The Morgan fingerprint density at radius 3 is 1.86 bits per heavy atom. The van der Waals surface area contributed by atoms with Crippen LogP contribution in [-0.4, -0.2) is 14.9 Å². The maximum Gasteiger partial charge on any atom is 0.261 e. The van der Waals surface area contributed by atoms with Gasteiger partial charge in [0.15, 0.2) is 0 Å². The monoisotopic (exact) mass is 390 g/mol. The Balaban J connectivity index is 1.96. The van der Waals surface area contributed by atoms with Crippen LogP contribution in [0, 0.1) is 5.41 Å². The standard InChI is InChI=1S/C26H34OSi/c1-21(2)24-17-18-26(24,6)19-20-27-28(25(3,4)5,22-13-9-7-10-14-22)23-15-11-8-12-16-23/h7-17H,1,18-20H2,2-6H3/t26-/m1/s1. The van der Waals surface area contributed by atoms with Crippen molar-refractivity contribution in [3.05, 3.63) is 84.5 Å². The molecule has 0 saturated heterocycles. The average Bonchev–Trinajstić information content (AvgIpc) is 2.64. The van der Waals surface area contributed by atoms with E-state index in [2.05, 4.69) is 108 Å². The minimum absolute atomic E-state index is 0.0310. The Morgan fingerprint density at radius 2 is 1.50 bits per heavy atom. The summed E-state index contributed by atoms with van der Waals surface area (Å²) in [5, 5.41) is 2.73. The molecular weight excluding hydrogens is 356 g/mol. The normalized spacial score (nSPS) is 19.7. The van der Waals surface area contributed by atoms with Crippen molar-refractivity contribution >= 4 is 18.7 Å². The first-order valence-corrected chi connectivity index (χ1v) is 12.2. The molecule has 0 amide bonds. The highest BCUT2D eigenvalue weighted by molar-refractivity contribution is 6.99. The second kappa shape index (κ2) is 7.85. The van der Waals surface area contributed by atoms with Gasteiger partial charge in [0.1, 0.15) is 0 Å². The van der Waals surface area contributed by atoms with Gasteiger partial charge in [-0.1, -0.05) is 107 Å². The number of rotatable bonds is 7. The maximum absolute atomic E-state index is 7.05. The average molecular weight is 391 g/mol. The number of hydrogen-bond donors (Lipinski definition) is 0. The Kier molecular flexibility index (Phi) is 5.83. The van der Waals surface area contributed by atoms with Crippen molar-refractivity contribution in [3.8, 4) is 0 Å². The summed E-state index contributed by atoms with van der Waals surface area (Å²) in [7, 11) is -2.43. The topological polar surface area (TPSA) is 9.23 Å². The van der Waals surface area contributed by atoms with Crippen LogP contribution in [-0.2, 0) is 4.43 Å². The van der Waals surface area contributed by atoms with Gasteiger partial charge in [-0.25, -0.2) is 0 Å². The third-order valence-electron chi connectivity index (χ3n) is 6.26. The smallest absolute Gasteiger partial charge is 0.261 e. The Hall–Kier alpha value is -1.90. The van der Waals surface area contributed by atoms with Crippen LogP contribution in [0.1, 0.15) is 47.5 Å². The Morgan fingerprint density at radius 1 is 1.00 bits per heavy atom. The van der Waals surface area contributed by atoms with Crippen molar-refractivity contribution in [2.75, 3.05) is 6.61 Å². The van der Waals surface area contributed by atoms with Crippen LogP contribution < -0.4 is 10.4 Å². The zero-order valence-corrected chi connectivity index (χ0v) is 19.1. The molecule has 0 unspecified atom stereocenters. The van der Waals surface area contributed by atoms with E-state index in [-0.39, 0.29) is 10.5 Å². The van der Waals surface area contributed by atoms with Crippen molar-refractivity contribution in [2.24, 2.45) is 5.41 Å². The summed E-state index contributed by atoms with van der Waals surface area (Å²) in [6.45, 7) is 16.4. The fourth-order valence-corrected chi connectivity index (χ4v) is 9.23. The molecule has 0 heterocycles. The number of benzene rings is 2. The minimum Gasteiger partial charge on any atom is -0.407 e. The maximum atomic E-state index is 7.05. The molecule has 28 heavy (non-hydrogen) atoms. The van der Waals surface area contributed by atoms with Crippen molar-refractivity contribution in [1.29, 1.82) is 0 Å². The zero-order valence-electron chi connectivity index (χ0n) is 18.1. The quantitative estimate of drug-likeness (QED) is 0.538. The van der Waals surface area contributed by atoms with Gasteiger partial charge in [0, 0.05) is 6.61 Å². The molecule has 1 aliphatic carbocycles. The van der Waals surface area contributed by atoms with E-state index >= 15 is 0 Å². The fourth-order valence-electron chi connectivity index (χ4n) is 4.67. The first-order chi connectivity index (χ1) is 13.2. The predicted octanol–water partition coefficient (Wildman–Crippen LogP) is 5.87. The van der Waals surface area contributed by atoms with Gasteiger partial charge >= 0.3 is 0 Å². The first-order valence-electron chi connectivity index (χ1n) is 10.3. The largest absolute Gasteiger partial charge is 0.407 e. The molecule has 148 valence electrons. The summed E-state index contributed by atoms with van der Waals surface area (Å²) in [4.78, 5) is 0. The first kappa shape index (κ1) is 20.8. The van der Waals surface area contributed by atoms with Crippen LogP contribution in [0.3, 0.4) is 0 Å². The molecule has 1 nitrogen and oxygen atoms in total. The molecule has 1 atom stereocenters. The van der Waals surface area contributed by atoms with Crippen LogP contribution in [0.25, 0.3) is 0 Å². The molecule has 0 bridgehead atoms. The molecule has 0 spiro atoms. The number of allylic oxidation sites excluding steroid dienone is 3. The summed E-state index contributed by atoms with van der Waals surface area (Å²) in [5.41, 5.74) is 2.81. The van der Waals surface area contributed by atoms with Crippen LogP contribution in [0.15, 0.2) is 84.5 Å². The fraction of sp³-hybridized carbons (Fsp3) is 0.385. The van der Waals surface area contributed by atoms with Gasteiger partial charge in [0.2, 0.25) is 0 Å². The molecule has 3 rings (SSSR count). The Labute approximate surface area is 172 Å². The van der Waals surface area contributed by atoms with Gasteiger partial charge in [0.25, 0.3) is 8.32 Å². The molecule has 2 aromatic carbocycles.